The number of hydrogen-bond acceptors (Lipinski definition) is 5. The number of ether oxygens (including phenoxy) is 1. The molecule has 3 N–H and O–H groups in total. The predicted molar refractivity (Wildman–Crippen MR) is 107 cm³/mol. The van der Waals surface area contributed by atoms with Crippen LogP contribution in [0.5, 0.6) is 5.75 Å². The van der Waals surface area contributed by atoms with Crippen molar-refractivity contribution in [2.45, 2.75) is 6.61 Å². The van der Waals surface area contributed by atoms with Gasteiger partial charge in [-0.3, -0.25) is 9.78 Å². The number of nitrogens with zero attached hydrogens (tertiary/aromatic N) is 2. The van der Waals surface area contributed by atoms with E-state index in [1.54, 1.807) is 36.7 Å². The second kappa shape index (κ2) is 9.97. The molecule has 0 aliphatic rings. The van der Waals surface area contributed by atoms with Crippen LogP contribution in [0.4, 0.5) is 14.5 Å². The summed E-state index contributed by atoms with van der Waals surface area (Å²) in [6, 6.07) is 13.4. The number of hydrogen-bond donors (Lipinski definition) is 2. The number of nitrogens with one attached hydrogen (secondary N) is 1. The summed E-state index contributed by atoms with van der Waals surface area (Å²) in [5.74, 6) is -1.72. The molecular formula is C21H18F2N4O3. The summed E-state index contributed by atoms with van der Waals surface area (Å²) in [5, 5.41) is 5.94. The fourth-order valence-electron chi connectivity index (χ4n) is 2.39. The Morgan fingerprint density at radius 2 is 2.00 bits per heavy atom. The quantitative estimate of drug-likeness (QED) is 0.336. The number of halogens is 2. The highest BCUT2D eigenvalue weighted by Gasteiger charge is 2.09. The molecule has 1 aromatic heterocycles. The number of carbonyl (C=O) groups excluding carboxylic acids is 1. The summed E-state index contributed by atoms with van der Waals surface area (Å²) in [4.78, 5) is 20.8. The van der Waals surface area contributed by atoms with Gasteiger partial charge < -0.3 is 20.6 Å². The molecule has 0 unspecified atom stereocenters. The maximum absolute atomic E-state index is 13.5. The number of carbonyl (C=O) groups is 1. The Labute approximate surface area is 171 Å². The van der Waals surface area contributed by atoms with Gasteiger partial charge in [0.2, 0.25) is 0 Å². The van der Waals surface area contributed by atoms with Crippen LogP contribution in [-0.2, 0) is 16.2 Å². The Morgan fingerprint density at radius 1 is 1.13 bits per heavy atom. The van der Waals surface area contributed by atoms with Crippen molar-refractivity contribution >= 4 is 17.4 Å². The maximum Gasteiger partial charge on any atom is 0.265 e. The number of nitrogens with two attached hydrogens (primary N) is 1. The fourth-order valence-corrected chi connectivity index (χ4v) is 2.39. The van der Waals surface area contributed by atoms with Gasteiger partial charge in [0.25, 0.3) is 5.91 Å². The minimum absolute atomic E-state index is 0.0302. The van der Waals surface area contributed by atoms with E-state index in [4.69, 9.17) is 15.3 Å². The van der Waals surface area contributed by atoms with Crippen molar-refractivity contribution in [3.05, 3.63) is 89.8 Å². The molecule has 1 heterocycles. The van der Waals surface area contributed by atoms with E-state index in [0.717, 1.165) is 17.7 Å². The smallest absolute Gasteiger partial charge is 0.265 e. The van der Waals surface area contributed by atoms with E-state index in [9.17, 15) is 13.6 Å². The van der Waals surface area contributed by atoms with E-state index >= 15 is 0 Å². The van der Waals surface area contributed by atoms with Gasteiger partial charge in [0.15, 0.2) is 12.4 Å². The molecule has 30 heavy (non-hydrogen) atoms. The number of pyridine rings is 1. The van der Waals surface area contributed by atoms with Crippen molar-refractivity contribution in [1.29, 1.82) is 0 Å². The molecule has 0 atom stereocenters. The summed E-state index contributed by atoms with van der Waals surface area (Å²) in [7, 11) is 0. The topological polar surface area (TPSA) is 98.8 Å². The maximum atomic E-state index is 13.5. The number of amides is 1. The summed E-state index contributed by atoms with van der Waals surface area (Å²) < 4.78 is 32.1. The first-order valence-electron chi connectivity index (χ1n) is 8.84. The van der Waals surface area contributed by atoms with Gasteiger partial charge in [-0.15, -0.1) is 0 Å². The Kier molecular flexibility index (Phi) is 6.88. The zero-order chi connectivity index (χ0) is 21.3. The molecule has 9 heteroatoms. The summed E-state index contributed by atoms with van der Waals surface area (Å²) >= 11 is 0. The van der Waals surface area contributed by atoms with Crippen LogP contribution in [0.3, 0.4) is 0 Å². The fraction of sp³-hybridized carbons (Fsp3) is 0.0952. The number of aromatic nitrogens is 1. The van der Waals surface area contributed by atoms with E-state index in [2.05, 4.69) is 15.5 Å². The van der Waals surface area contributed by atoms with Crippen molar-refractivity contribution in [1.82, 2.24) is 4.98 Å². The number of rotatable bonds is 8. The molecule has 2 aromatic carbocycles. The largest absolute Gasteiger partial charge is 0.489 e. The lowest BCUT2D eigenvalue weighted by atomic mass is 10.2. The van der Waals surface area contributed by atoms with Crippen molar-refractivity contribution in [3.63, 3.8) is 0 Å². The third kappa shape index (κ3) is 5.99. The van der Waals surface area contributed by atoms with Crippen LogP contribution in [0.1, 0.15) is 11.1 Å². The SMILES string of the molecule is N/C(=N/OCC(=O)Nc1ccc(F)cc1F)c1cccc(OCc2cccnc2)c1. The summed E-state index contributed by atoms with van der Waals surface area (Å²) in [5.41, 5.74) is 7.16. The van der Waals surface area contributed by atoms with E-state index in [0.29, 0.717) is 24.0 Å². The molecule has 0 bridgehead atoms. The van der Waals surface area contributed by atoms with E-state index in [1.165, 1.54) is 0 Å². The van der Waals surface area contributed by atoms with Crippen molar-refractivity contribution in [3.8, 4) is 5.75 Å². The number of anilines is 1. The Bertz CT molecular complexity index is 1050. The minimum atomic E-state index is -0.894. The lowest BCUT2D eigenvalue weighted by molar-refractivity contribution is -0.120. The molecular weight excluding hydrogens is 394 g/mol. The number of benzene rings is 2. The standard InChI is InChI=1S/C21H18F2N4O3/c22-16-6-7-19(18(23)10-16)26-20(28)13-30-27-21(24)15-4-1-5-17(9-15)29-12-14-3-2-8-25-11-14/h1-11H,12-13H2,(H2,24,27)(H,26,28). The van der Waals surface area contributed by atoms with Crippen molar-refractivity contribution in [2.24, 2.45) is 10.9 Å². The highest BCUT2D eigenvalue weighted by atomic mass is 19.1. The first-order valence-corrected chi connectivity index (χ1v) is 8.84. The molecule has 0 aliphatic heterocycles. The second-order valence-electron chi connectivity index (χ2n) is 6.10. The van der Waals surface area contributed by atoms with Gasteiger partial charge in [-0.1, -0.05) is 23.4 Å². The lowest BCUT2D eigenvalue weighted by Gasteiger charge is -2.08. The first-order chi connectivity index (χ1) is 14.5. The molecule has 0 spiro atoms. The number of amidine groups is 1. The van der Waals surface area contributed by atoms with Crippen molar-refractivity contribution in [2.75, 3.05) is 11.9 Å². The molecule has 3 aromatic rings. The average molecular weight is 412 g/mol. The molecule has 0 saturated carbocycles. The summed E-state index contributed by atoms with van der Waals surface area (Å²) in [6.07, 6.45) is 3.38. The highest BCUT2D eigenvalue weighted by Crippen LogP contribution is 2.16. The molecule has 1 amide bonds. The monoisotopic (exact) mass is 412 g/mol. The van der Waals surface area contributed by atoms with Gasteiger partial charge in [-0.2, -0.15) is 0 Å². The molecule has 3 rings (SSSR count). The van der Waals surface area contributed by atoms with E-state index in [1.807, 2.05) is 12.1 Å². The van der Waals surface area contributed by atoms with Gasteiger partial charge in [-0.25, -0.2) is 8.78 Å². The Morgan fingerprint density at radius 3 is 2.77 bits per heavy atom. The van der Waals surface area contributed by atoms with Crippen LogP contribution in [-0.4, -0.2) is 23.3 Å². The van der Waals surface area contributed by atoms with Crippen LogP contribution in [0.25, 0.3) is 0 Å². The van der Waals surface area contributed by atoms with Crippen molar-refractivity contribution < 1.29 is 23.1 Å². The zero-order valence-corrected chi connectivity index (χ0v) is 15.7. The van der Waals surface area contributed by atoms with Crippen LogP contribution >= 0.6 is 0 Å². The van der Waals surface area contributed by atoms with Gasteiger partial charge >= 0.3 is 0 Å². The van der Waals surface area contributed by atoms with Gasteiger partial charge in [0.05, 0.1) is 5.69 Å². The van der Waals surface area contributed by atoms with Crippen LogP contribution in [0, 0.1) is 11.6 Å². The third-order valence-corrected chi connectivity index (χ3v) is 3.82. The lowest BCUT2D eigenvalue weighted by Crippen LogP contribution is -2.20. The van der Waals surface area contributed by atoms with Gasteiger partial charge in [-0.05, 0) is 30.3 Å². The molecule has 7 nitrogen and oxygen atoms in total. The molecule has 0 fully saturated rings. The average Bonchev–Trinajstić information content (AvgIpc) is 2.75. The molecule has 0 saturated heterocycles. The highest BCUT2D eigenvalue weighted by molar-refractivity contribution is 5.97. The number of oxime groups is 1. The van der Waals surface area contributed by atoms with Gasteiger partial charge in [0, 0.05) is 29.6 Å². The summed E-state index contributed by atoms with van der Waals surface area (Å²) in [6.45, 7) is -0.167. The predicted octanol–water partition coefficient (Wildman–Crippen LogP) is 3.21. The molecule has 0 radical (unpaired) electrons. The van der Waals surface area contributed by atoms with Gasteiger partial charge in [0.1, 0.15) is 24.0 Å². The minimum Gasteiger partial charge on any atom is -0.489 e. The van der Waals surface area contributed by atoms with E-state index < -0.39 is 24.1 Å². The Balaban J connectivity index is 1.53. The third-order valence-electron chi connectivity index (χ3n) is 3.82. The first kappa shape index (κ1) is 20.7. The van der Waals surface area contributed by atoms with E-state index in [-0.39, 0.29) is 11.5 Å². The zero-order valence-electron chi connectivity index (χ0n) is 15.7. The Hall–Kier alpha value is -4.01. The van der Waals surface area contributed by atoms with Crippen LogP contribution < -0.4 is 15.8 Å². The second-order valence-corrected chi connectivity index (χ2v) is 6.10. The normalized spacial score (nSPS) is 11.1. The molecule has 154 valence electrons. The van der Waals surface area contributed by atoms with Crippen LogP contribution in [0.2, 0.25) is 0 Å². The molecule has 0 aliphatic carbocycles. The van der Waals surface area contributed by atoms with Crippen LogP contribution in [0.15, 0.2) is 72.1 Å².